The van der Waals surface area contributed by atoms with Gasteiger partial charge in [0.25, 0.3) is 0 Å². The summed E-state index contributed by atoms with van der Waals surface area (Å²) in [6.07, 6.45) is 0.573. The second kappa shape index (κ2) is 5.38. The van der Waals surface area contributed by atoms with Crippen molar-refractivity contribution < 1.29 is 9.84 Å². The molecule has 0 atom stereocenters. The fourth-order valence-corrected chi connectivity index (χ4v) is 1.87. The summed E-state index contributed by atoms with van der Waals surface area (Å²) in [6.45, 7) is 4.33. The molecule has 0 fully saturated rings. The minimum Gasteiger partial charge on any atom is -0.495 e. The molecule has 0 aromatic heterocycles. The fourth-order valence-electron chi connectivity index (χ4n) is 1.54. The van der Waals surface area contributed by atoms with E-state index in [1.165, 1.54) is 5.56 Å². The number of methoxy groups -OCH3 is 1. The topological polar surface area (TPSA) is 29.5 Å². The van der Waals surface area contributed by atoms with Crippen molar-refractivity contribution in [2.24, 2.45) is 0 Å². The van der Waals surface area contributed by atoms with E-state index in [0.29, 0.717) is 23.1 Å². The quantitative estimate of drug-likeness (QED) is 0.859. The van der Waals surface area contributed by atoms with Gasteiger partial charge in [0.15, 0.2) is 0 Å². The molecule has 0 aliphatic rings. The zero-order valence-electron chi connectivity index (χ0n) is 9.38. The van der Waals surface area contributed by atoms with E-state index in [4.69, 9.17) is 21.4 Å². The van der Waals surface area contributed by atoms with Gasteiger partial charge in [-0.2, -0.15) is 0 Å². The number of halogens is 1. The number of rotatable bonds is 4. The normalized spacial score (nSPS) is 10.8. The summed E-state index contributed by atoms with van der Waals surface area (Å²) in [6, 6.07) is 3.97. The number of hydrogen-bond donors (Lipinski definition) is 1. The number of benzene rings is 1. The van der Waals surface area contributed by atoms with Crippen molar-refractivity contribution in [2.45, 2.75) is 26.2 Å². The van der Waals surface area contributed by atoms with Crippen LogP contribution in [0.1, 0.15) is 30.9 Å². The lowest BCUT2D eigenvalue weighted by molar-refractivity contribution is 0.296. The van der Waals surface area contributed by atoms with Crippen LogP contribution in [0.4, 0.5) is 0 Å². The SMILES string of the molecule is COc1c(Cl)cc(C(C)C)cc1CCO. The van der Waals surface area contributed by atoms with Crippen LogP contribution in [0, 0.1) is 0 Å². The van der Waals surface area contributed by atoms with Crippen molar-refractivity contribution in [2.75, 3.05) is 13.7 Å². The summed E-state index contributed by atoms with van der Waals surface area (Å²) in [7, 11) is 1.59. The van der Waals surface area contributed by atoms with E-state index >= 15 is 0 Å². The third-order valence-corrected chi connectivity index (χ3v) is 2.68. The second-order valence-corrected chi connectivity index (χ2v) is 4.23. The molecule has 84 valence electrons. The van der Waals surface area contributed by atoms with Gasteiger partial charge in [0.05, 0.1) is 12.1 Å². The Morgan fingerprint density at radius 2 is 2.07 bits per heavy atom. The first-order valence-corrected chi connectivity index (χ1v) is 5.45. The van der Waals surface area contributed by atoms with Gasteiger partial charge in [0, 0.05) is 6.61 Å². The van der Waals surface area contributed by atoms with E-state index in [0.717, 1.165) is 5.56 Å². The van der Waals surface area contributed by atoms with Crippen molar-refractivity contribution in [3.8, 4) is 5.75 Å². The molecule has 0 unspecified atom stereocenters. The summed E-state index contributed by atoms with van der Waals surface area (Å²) >= 11 is 6.11. The molecule has 0 amide bonds. The van der Waals surface area contributed by atoms with Crippen molar-refractivity contribution in [1.82, 2.24) is 0 Å². The van der Waals surface area contributed by atoms with Gasteiger partial charge in [-0.15, -0.1) is 0 Å². The molecule has 0 bridgehead atoms. The third-order valence-electron chi connectivity index (χ3n) is 2.39. The molecule has 0 saturated carbocycles. The van der Waals surface area contributed by atoms with E-state index in [1.54, 1.807) is 7.11 Å². The van der Waals surface area contributed by atoms with Crippen molar-refractivity contribution >= 4 is 11.6 Å². The van der Waals surface area contributed by atoms with E-state index in [1.807, 2.05) is 12.1 Å². The Labute approximate surface area is 95.8 Å². The van der Waals surface area contributed by atoms with Gasteiger partial charge in [0.2, 0.25) is 0 Å². The summed E-state index contributed by atoms with van der Waals surface area (Å²) in [5.41, 5.74) is 2.14. The highest BCUT2D eigenvalue weighted by Crippen LogP contribution is 2.32. The highest BCUT2D eigenvalue weighted by Gasteiger charge is 2.11. The lowest BCUT2D eigenvalue weighted by Crippen LogP contribution is -1.99. The van der Waals surface area contributed by atoms with Crippen LogP contribution in [-0.2, 0) is 6.42 Å². The minimum absolute atomic E-state index is 0.105. The highest BCUT2D eigenvalue weighted by atomic mass is 35.5. The minimum atomic E-state index is 0.105. The maximum atomic E-state index is 8.96. The molecule has 1 aromatic rings. The molecule has 0 aliphatic heterocycles. The first kappa shape index (κ1) is 12.3. The van der Waals surface area contributed by atoms with Crippen LogP contribution in [0.15, 0.2) is 12.1 Å². The molecule has 1 N–H and O–H groups in total. The number of aliphatic hydroxyl groups excluding tert-OH is 1. The summed E-state index contributed by atoms with van der Waals surface area (Å²) in [5.74, 6) is 1.10. The van der Waals surface area contributed by atoms with Crippen molar-refractivity contribution in [1.29, 1.82) is 0 Å². The molecule has 0 radical (unpaired) electrons. The van der Waals surface area contributed by atoms with E-state index in [-0.39, 0.29) is 6.61 Å². The van der Waals surface area contributed by atoms with E-state index in [2.05, 4.69) is 13.8 Å². The first-order chi connectivity index (χ1) is 7.10. The van der Waals surface area contributed by atoms with Crippen LogP contribution in [0.25, 0.3) is 0 Å². The fraction of sp³-hybridized carbons (Fsp3) is 0.500. The van der Waals surface area contributed by atoms with Gasteiger partial charge in [-0.25, -0.2) is 0 Å². The zero-order valence-corrected chi connectivity index (χ0v) is 10.1. The van der Waals surface area contributed by atoms with Crippen LogP contribution in [0.5, 0.6) is 5.75 Å². The third kappa shape index (κ3) is 2.86. The Kier molecular flexibility index (Phi) is 4.43. The Morgan fingerprint density at radius 3 is 2.53 bits per heavy atom. The molecule has 0 saturated heterocycles. The molecule has 1 aromatic carbocycles. The smallest absolute Gasteiger partial charge is 0.140 e. The van der Waals surface area contributed by atoms with Crippen LogP contribution < -0.4 is 4.74 Å². The monoisotopic (exact) mass is 228 g/mol. The maximum Gasteiger partial charge on any atom is 0.140 e. The Bertz CT molecular complexity index is 335. The lowest BCUT2D eigenvalue weighted by atomic mass is 9.99. The van der Waals surface area contributed by atoms with Crippen LogP contribution in [0.2, 0.25) is 5.02 Å². The van der Waals surface area contributed by atoms with Gasteiger partial charge >= 0.3 is 0 Å². The zero-order chi connectivity index (χ0) is 11.4. The molecular formula is C12H17ClO2. The Balaban J connectivity index is 3.19. The summed E-state index contributed by atoms with van der Waals surface area (Å²) < 4.78 is 5.22. The summed E-state index contributed by atoms with van der Waals surface area (Å²) in [5, 5.41) is 9.58. The Morgan fingerprint density at radius 1 is 1.40 bits per heavy atom. The Hall–Kier alpha value is -0.730. The lowest BCUT2D eigenvalue weighted by Gasteiger charge is -2.14. The van der Waals surface area contributed by atoms with Crippen molar-refractivity contribution in [3.63, 3.8) is 0 Å². The molecule has 2 nitrogen and oxygen atoms in total. The predicted octanol–water partition coefficient (Wildman–Crippen LogP) is 3.01. The van der Waals surface area contributed by atoms with Crippen molar-refractivity contribution in [3.05, 3.63) is 28.3 Å². The summed E-state index contributed by atoms with van der Waals surface area (Å²) in [4.78, 5) is 0. The first-order valence-electron chi connectivity index (χ1n) is 5.07. The van der Waals surface area contributed by atoms with Gasteiger partial charge in [0.1, 0.15) is 5.75 Å². The number of hydrogen-bond acceptors (Lipinski definition) is 2. The van der Waals surface area contributed by atoms with Gasteiger partial charge < -0.3 is 9.84 Å². The van der Waals surface area contributed by atoms with Gasteiger partial charge in [-0.05, 0) is 29.5 Å². The standard InChI is InChI=1S/C12H17ClO2/c1-8(2)10-6-9(4-5-14)12(15-3)11(13)7-10/h6-8,14H,4-5H2,1-3H3. The molecule has 15 heavy (non-hydrogen) atoms. The van der Waals surface area contributed by atoms with E-state index in [9.17, 15) is 0 Å². The van der Waals surface area contributed by atoms with Gasteiger partial charge in [-0.3, -0.25) is 0 Å². The van der Waals surface area contributed by atoms with Crippen LogP contribution in [-0.4, -0.2) is 18.8 Å². The molecule has 1 rings (SSSR count). The number of aliphatic hydroxyl groups is 1. The average Bonchev–Trinajstić information content (AvgIpc) is 2.17. The van der Waals surface area contributed by atoms with Gasteiger partial charge in [-0.1, -0.05) is 31.5 Å². The second-order valence-electron chi connectivity index (χ2n) is 3.82. The average molecular weight is 229 g/mol. The van der Waals surface area contributed by atoms with Crippen LogP contribution >= 0.6 is 11.6 Å². The van der Waals surface area contributed by atoms with E-state index < -0.39 is 0 Å². The van der Waals surface area contributed by atoms with Crippen LogP contribution in [0.3, 0.4) is 0 Å². The molecule has 0 spiro atoms. The highest BCUT2D eigenvalue weighted by molar-refractivity contribution is 6.32. The molecule has 0 aliphatic carbocycles. The largest absolute Gasteiger partial charge is 0.495 e. The molecule has 3 heteroatoms. The molecular weight excluding hydrogens is 212 g/mol. The number of ether oxygens (including phenoxy) is 1. The maximum absolute atomic E-state index is 8.96. The predicted molar refractivity (Wildman–Crippen MR) is 62.9 cm³/mol. The molecule has 0 heterocycles.